The average molecular weight is 561 g/mol. The lowest BCUT2D eigenvalue weighted by Crippen LogP contribution is -2.25. The zero-order valence-electron chi connectivity index (χ0n) is 21.0. The van der Waals surface area contributed by atoms with E-state index in [1.807, 2.05) is 53.4 Å². The summed E-state index contributed by atoms with van der Waals surface area (Å²) >= 11 is 1.75. The van der Waals surface area contributed by atoms with Crippen LogP contribution >= 0.6 is 11.8 Å². The van der Waals surface area contributed by atoms with E-state index in [0.29, 0.717) is 23.4 Å². The SMILES string of the molecule is CS(=O)(=O)NCCn1cc(C(=O)c2ccn3c2CS[C@@H]3c2cccnc2)c2ccc(-c3ccc(F)cc3)cc21. The highest BCUT2D eigenvalue weighted by Gasteiger charge is 2.30. The van der Waals surface area contributed by atoms with Crippen LogP contribution in [0.3, 0.4) is 0 Å². The molecule has 1 N–H and O–H groups in total. The standard InChI is InChI=1S/C29H25FN4O3S2/c1-39(36,37)32-12-14-33-17-25(23-9-6-20(15-26(23)33)19-4-7-22(30)8-5-19)28(35)24-10-13-34-27(24)18-38-29(34)21-3-2-11-31-16-21/h2-11,13,15-17,29,32H,12,14,18H2,1H3/t29-/m1/s1. The fourth-order valence-electron chi connectivity index (χ4n) is 5.05. The van der Waals surface area contributed by atoms with Gasteiger partial charge in [0.05, 0.1) is 6.26 Å². The summed E-state index contributed by atoms with van der Waals surface area (Å²) in [6, 6.07) is 17.9. The van der Waals surface area contributed by atoms with Crippen LogP contribution in [0.2, 0.25) is 0 Å². The molecule has 3 aromatic heterocycles. The Hall–Kier alpha value is -3.73. The number of hydrogen-bond acceptors (Lipinski definition) is 5. The van der Waals surface area contributed by atoms with Crippen LogP contribution in [-0.2, 0) is 22.3 Å². The number of nitrogens with zero attached hydrogens (tertiary/aromatic N) is 3. The molecule has 4 heterocycles. The van der Waals surface area contributed by atoms with Crippen molar-refractivity contribution in [1.82, 2.24) is 18.8 Å². The summed E-state index contributed by atoms with van der Waals surface area (Å²) in [5.41, 5.74) is 5.78. The van der Waals surface area contributed by atoms with Crippen LogP contribution in [-0.4, -0.2) is 41.1 Å². The molecular formula is C29H25FN4O3S2. The summed E-state index contributed by atoms with van der Waals surface area (Å²) in [6.07, 6.45) is 8.48. The molecule has 0 amide bonds. The summed E-state index contributed by atoms with van der Waals surface area (Å²) in [7, 11) is -3.36. The molecule has 0 bridgehead atoms. The van der Waals surface area contributed by atoms with E-state index < -0.39 is 10.0 Å². The topological polar surface area (TPSA) is 86.0 Å². The van der Waals surface area contributed by atoms with Gasteiger partial charge in [0.1, 0.15) is 11.2 Å². The minimum Gasteiger partial charge on any atom is -0.345 e. The first-order chi connectivity index (χ1) is 18.8. The Bertz CT molecular complexity index is 1800. The maximum absolute atomic E-state index is 14.0. The monoisotopic (exact) mass is 560 g/mol. The van der Waals surface area contributed by atoms with E-state index in [1.54, 1.807) is 36.3 Å². The van der Waals surface area contributed by atoms with Gasteiger partial charge in [-0.2, -0.15) is 0 Å². The lowest BCUT2D eigenvalue weighted by Gasteiger charge is -2.11. The molecule has 0 fully saturated rings. The maximum atomic E-state index is 14.0. The van der Waals surface area contributed by atoms with Crippen LogP contribution in [0.4, 0.5) is 4.39 Å². The predicted octanol–water partition coefficient (Wildman–Crippen LogP) is 5.22. The highest BCUT2D eigenvalue weighted by atomic mass is 32.2. The predicted molar refractivity (Wildman–Crippen MR) is 152 cm³/mol. The van der Waals surface area contributed by atoms with E-state index in [4.69, 9.17) is 0 Å². The molecule has 1 atom stereocenters. The Kier molecular flexibility index (Phi) is 6.62. The highest BCUT2D eigenvalue weighted by Crippen LogP contribution is 2.42. The van der Waals surface area contributed by atoms with Gasteiger partial charge in [0, 0.05) is 76.9 Å². The average Bonchev–Trinajstić information content (AvgIpc) is 3.62. The van der Waals surface area contributed by atoms with Crippen molar-refractivity contribution in [3.63, 3.8) is 0 Å². The van der Waals surface area contributed by atoms with E-state index in [-0.39, 0.29) is 23.5 Å². The van der Waals surface area contributed by atoms with Gasteiger partial charge in [0.2, 0.25) is 10.0 Å². The Morgan fingerprint density at radius 3 is 2.64 bits per heavy atom. The molecular weight excluding hydrogens is 535 g/mol. The maximum Gasteiger partial charge on any atom is 0.208 e. The number of halogens is 1. The Morgan fingerprint density at radius 1 is 1.10 bits per heavy atom. The van der Waals surface area contributed by atoms with Gasteiger partial charge in [-0.05, 0) is 41.5 Å². The van der Waals surface area contributed by atoms with Crippen LogP contribution in [0, 0.1) is 5.82 Å². The third-order valence-electron chi connectivity index (χ3n) is 6.89. The number of hydrogen-bond donors (Lipinski definition) is 1. The summed E-state index contributed by atoms with van der Waals surface area (Å²) in [5, 5.41) is 0.844. The first-order valence-corrected chi connectivity index (χ1v) is 15.3. The lowest BCUT2D eigenvalue weighted by atomic mass is 10.00. The molecule has 0 spiro atoms. The van der Waals surface area contributed by atoms with Crippen LogP contribution in [0.25, 0.3) is 22.0 Å². The number of aromatic nitrogens is 3. The third-order valence-corrected chi connectivity index (χ3v) is 8.87. The van der Waals surface area contributed by atoms with Gasteiger partial charge >= 0.3 is 0 Å². The normalized spacial score (nSPS) is 15.1. The molecule has 0 aliphatic carbocycles. The summed E-state index contributed by atoms with van der Waals surface area (Å²) in [6.45, 7) is 0.526. The van der Waals surface area contributed by atoms with Crippen molar-refractivity contribution in [2.45, 2.75) is 17.7 Å². The lowest BCUT2D eigenvalue weighted by molar-refractivity contribution is 0.103. The largest absolute Gasteiger partial charge is 0.345 e. The van der Waals surface area contributed by atoms with Crippen molar-refractivity contribution in [2.24, 2.45) is 0 Å². The van der Waals surface area contributed by atoms with Crippen LogP contribution in [0.15, 0.2) is 85.5 Å². The second kappa shape index (κ2) is 10.1. The van der Waals surface area contributed by atoms with Gasteiger partial charge in [0.15, 0.2) is 5.78 Å². The summed E-state index contributed by atoms with van der Waals surface area (Å²) in [4.78, 5) is 18.2. The van der Waals surface area contributed by atoms with Gasteiger partial charge in [0.25, 0.3) is 0 Å². The number of carbonyl (C=O) groups excluding carboxylic acids is 1. The second-order valence-electron chi connectivity index (χ2n) is 9.50. The Morgan fingerprint density at radius 2 is 1.90 bits per heavy atom. The van der Waals surface area contributed by atoms with Crippen LogP contribution in [0.1, 0.15) is 32.6 Å². The number of sulfonamides is 1. The number of carbonyl (C=O) groups is 1. The van der Waals surface area contributed by atoms with E-state index in [9.17, 15) is 17.6 Å². The number of pyridine rings is 1. The third kappa shape index (κ3) is 5.03. The van der Waals surface area contributed by atoms with E-state index >= 15 is 0 Å². The molecule has 0 unspecified atom stereocenters. The van der Waals surface area contributed by atoms with Crippen molar-refractivity contribution in [3.8, 4) is 11.1 Å². The van der Waals surface area contributed by atoms with E-state index in [1.165, 1.54) is 12.1 Å². The molecule has 39 heavy (non-hydrogen) atoms. The molecule has 10 heteroatoms. The summed E-state index contributed by atoms with van der Waals surface area (Å²) in [5.74, 6) is 0.316. The fraction of sp³-hybridized carbons (Fsp3) is 0.172. The number of benzene rings is 2. The van der Waals surface area contributed by atoms with E-state index in [2.05, 4.69) is 14.3 Å². The van der Waals surface area contributed by atoms with Gasteiger partial charge in [-0.1, -0.05) is 30.3 Å². The quantitative estimate of drug-likeness (QED) is 0.263. The molecule has 0 saturated carbocycles. The fourth-order valence-corrected chi connectivity index (χ4v) is 6.82. The minimum atomic E-state index is -3.36. The molecule has 0 saturated heterocycles. The Balaban J connectivity index is 1.39. The molecule has 0 radical (unpaired) electrons. The van der Waals surface area contributed by atoms with Crippen LogP contribution < -0.4 is 4.72 Å². The number of fused-ring (bicyclic) bond motifs is 2. The van der Waals surface area contributed by atoms with Gasteiger partial charge < -0.3 is 9.13 Å². The number of ketones is 1. The molecule has 1 aliphatic rings. The molecule has 6 rings (SSSR count). The number of nitrogens with one attached hydrogen (secondary N) is 1. The van der Waals surface area contributed by atoms with Crippen LogP contribution in [0.5, 0.6) is 0 Å². The van der Waals surface area contributed by atoms with Gasteiger partial charge in [-0.25, -0.2) is 17.5 Å². The number of rotatable bonds is 8. The van der Waals surface area contributed by atoms with Crippen molar-refractivity contribution in [2.75, 3.05) is 12.8 Å². The Labute approximate surface area is 229 Å². The van der Waals surface area contributed by atoms with Crippen molar-refractivity contribution < 1.29 is 17.6 Å². The smallest absolute Gasteiger partial charge is 0.208 e. The zero-order valence-corrected chi connectivity index (χ0v) is 22.7. The first-order valence-electron chi connectivity index (χ1n) is 12.4. The van der Waals surface area contributed by atoms with Gasteiger partial charge in [-0.3, -0.25) is 9.78 Å². The van der Waals surface area contributed by atoms with E-state index in [0.717, 1.165) is 39.5 Å². The molecule has 7 nitrogen and oxygen atoms in total. The molecule has 1 aliphatic heterocycles. The summed E-state index contributed by atoms with van der Waals surface area (Å²) < 4.78 is 43.3. The van der Waals surface area contributed by atoms with Crippen molar-refractivity contribution in [3.05, 3.63) is 114 Å². The second-order valence-corrected chi connectivity index (χ2v) is 12.4. The first kappa shape index (κ1) is 25.5. The number of thioether (sulfide) groups is 1. The minimum absolute atomic E-state index is 0.0666. The van der Waals surface area contributed by atoms with Crippen molar-refractivity contribution in [1.29, 1.82) is 0 Å². The van der Waals surface area contributed by atoms with Crippen molar-refractivity contribution >= 4 is 38.5 Å². The molecule has 2 aromatic carbocycles. The molecule has 5 aromatic rings. The molecule has 198 valence electrons. The zero-order chi connectivity index (χ0) is 27.1. The van der Waals surface area contributed by atoms with Gasteiger partial charge in [-0.15, -0.1) is 11.8 Å². The highest BCUT2D eigenvalue weighted by molar-refractivity contribution is 7.99.